The van der Waals surface area contributed by atoms with Crippen molar-refractivity contribution in [3.63, 3.8) is 0 Å². The van der Waals surface area contributed by atoms with Crippen LogP contribution in [0.1, 0.15) is 53.4 Å². The first-order valence-electron chi connectivity index (χ1n) is 5.97. The molecule has 1 fully saturated rings. The normalized spacial score (nSPS) is 36.9. The molecule has 0 heterocycles. The van der Waals surface area contributed by atoms with E-state index in [9.17, 15) is 5.11 Å². The van der Waals surface area contributed by atoms with Crippen LogP contribution in [0, 0.1) is 28.6 Å². The van der Waals surface area contributed by atoms with E-state index < -0.39 is 5.60 Å². The Morgan fingerprint density at radius 3 is 2.47 bits per heavy atom. The molecule has 0 aliphatic heterocycles. The summed E-state index contributed by atoms with van der Waals surface area (Å²) in [6.45, 7) is 8.56. The van der Waals surface area contributed by atoms with Crippen LogP contribution in [0.3, 0.4) is 0 Å². The minimum absolute atomic E-state index is 0.205. The summed E-state index contributed by atoms with van der Waals surface area (Å²) in [7, 11) is 0. The Morgan fingerprint density at radius 2 is 2.07 bits per heavy atom. The van der Waals surface area contributed by atoms with Crippen molar-refractivity contribution in [1.29, 1.82) is 5.26 Å². The molecule has 2 nitrogen and oxygen atoms in total. The zero-order valence-electron chi connectivity index (χ0n) is 10.4. The highest BCUT2D eigenvalue weighted by molar-refractivity contribution is 5.04. The minimum atomic E-state index is -0.751. The first kappa shape index (κ1) is 12.5. The maximum atomic E-state index is 10.6. The minimum Gasteiger partial charge on any atom is -0.388 e. The molecule has 0 aromatic rings. The monoisotopic (exact) mass is 209 g/mol. The Labute approximate surface area is 93.3 Å². The first-order valence-corrected chi connectivity index (χ1v) is 5.97. The van der Waals surface area contributed by atoms with Crippen molar-refractivity contribution in [2.75, 3.05) is 0 Å². The SMILES string of the molecule is CCC(C#N)C1(O)CCC(C)(C)CC1C. The predicted molar refractivity (Wildman–Crippen MR) is 61.1 cm³/mol. The molecule has 0 aromatic carbocycles. The average molecular weight is 209 g/mol. The van der Waals surface area contributed by atoms with Crippen LogP contribution in [-0.2, 0) is 0 Å². The number of nitrogens with zero attached hydrogens (tertiary/aromatic N) is 1. The summed E-state index contributed by atoms with van der Waals surface area (Å²) in [4.78, 5) is 0. The van der Waals surface area contributed by atoms with Crippen LogP contribution in [0.15, 0.2) is 0 Å². The first-order chi connectivity index (χ1) is 6.85. The number of hydrogen-bond acceptors (Lipinski definition) is 2. The van der Waals surface area contributed by atoms with Crippen molar-refractivity contribution < 1.29 is 5.11 Å². The Kier molecular flexibility index (Phi) is 3.45. The summed E-state index contributed by atoms with van der Waals surface area (Å²) in [5.41, 5.74) is -0.432. The lowest BCUT2D eigenvalue weighted by molar-refractivity contribution is -0.0985. The van der Waals surface area contributed by atoms with Gasteiger partial charge < -0.3 is 5.11 Å². The summed E-state index contributed by atoms with van der Waals surface area (Å²) in [6.07, 6.45) is 3.55. The molecule has 0 spiro atoms. The number of hydrogen-bond donors (Lipinski definition) is 1. The Morgan fingerprint density at radius 1 is 1.47 bits per heavy atom. The summed E-state index contributed by atoms with van der Waals surface area (Å²) in [5, 5.41) is 19.7. The molecule has 1 rings (SSSR count). The van der Waals surface area contributed by atoms with Crippen molar-refractivity contribution in [1.82, 2.24) is 0 Å². The second-order valence-electron chi connectivity index (χ2n) is 5.85. The van der Waals surface area contributed by atoms with E-state index in [0.29, 0.717) is 5.41 Å². The van der Waals surface area contributed by atoms with E-state index in [-0.39, 0.29) is 11.8 Å². The van der Waals surface area contributed by atoms with Gasteiger partial charge in [0.1, 0.15) is 0 Å². The molecule has 1 saturated carbocycles. The molecule has 1 aliphatic carbocycles. The van der Waals surface area contributed by atoms with Crippen LogP contribution in [-0.4, -0.2) is 10.7 Å². The Hall–Kier alpha value is -0.550. The zero-order chi connectivity index (χ0) is 11.7. The van der Waals surface area contributed by atoms with Gasteiger partial charge in [0.05, 0.1) is 17.6 Å². The van der Waals surface area contributed by atoms with E-state index in [2.05, 4.69) is 26.8 Å². The van der Waals surface area contributed by atoms with Crippen molar-refractivity contribution in [2.45, 2.75) is 59.0 Å². The Bertz CT molecular complexity index is 266. The van der Waals surface area contributed by atoms with Gasteiger partial charge >= 0.3 is 0 Å². The zero-order valence-corrected chi connectivity index (χ0v) is 10.4. The van der Waals surface area contributed by atoms with Crippen LogP contribution in [0.2, 0.25) is 0 Å². The third kappa shape index (κ3) is 2.34. The fourth-order valence-electron chi connectivity index (χ4n) is 2.97. The summed E-state index contributed by atoms with van der Waals surface area (Å²) in [5.74, 6) is 0.0226. The van der Waals surface area contributed by atoms with Gasteiger partial charge in [0.2, 0.25) is 0 Å². The van der Waals surface area contributed by atoms with Crippen LogP contribution >= 0.6 is 0 Å². The van der Waals surface area contributed by atoms with Gasteiger partial charge in [-0.25, -0.2) is 0 Å². The third-order valence-electron chi connectivity index (χ3n) is 4.08. The van der Waals surface area contributed by atoms with Crippen molar-refractivity contribution in [2.24, 2.45) is 17.3 Å². The standard InChI is InChI=1S/C13H23NO/c1-5-11(9-14)13(15)7-6-12(3,4)8-10(13)2/h10-11,15H,5-8H2,1-4H3. The van der Waals surface area contributed by atoms with Gasteiger partial charge in [-0.2, -0.15) is 5.26 Å². The fraction of sp³-hybridized carbons (Fsp3) is 0.923. The molecule has 0 amide bonds. The van der Waals surface area contributed by atoms with Gasteiger partial charge in [-0.1, -0.05) is 27.7 Å². The molecule has 1 aliphatic rings. The largest absolute Gasteiger partial charge is 0.388 e. The molecule has 0 radical (unpaired) electrons. The summed E-state index contributed by atoms with van der Waals surface area (Å²) < 4.78 is 0. The molecule has 0 saturated heterocycles. The molecule has 3 unspecified atom stereocenters. The van der Waals surface area contributed by atoms with Crippen LogP contribution in [0.5, 0.6) is 0 Å². The van der Waals surface area contributed by atoms with Crippen LogP contribution in [0.4, 0.5) is 0 Å². The smallest absolute Gasteiger partial charge is 0.0830 e. The molecule has 0 bridgehead atoms. The van der Waals surface area contributed by atoms with Crippen molar-refractivity contribution >= 4 is 0 Å². The lowest BCUT2D eigenvalue weighted by Gasteiger charge is -2.47. The van der Waals surface area contributed by atoms with Crippen LogP contribution in [0.25, 0.3) is 0 Å². The molecular weight excluding hydrogens is 186 g/mol. The van der Waals surface area contributed by atoms with Crippen molar-refractivity contribution in [3.8, 4) is 6.07 Å². The highest BCUT2D eigenvalue weighted by atomic mass is 16.3. The lowest BCUT2D eigenvalue weighted by atomic mass is 9.61. The molecule has 2 heteroatoms. The van der Waals surface area contributed by atoms with E-state index in [4.69, 9.17) is 5.26 Å². The fourth-order valence-corrected chi connectivity index (χ4v) is 2.97. The number of aliphatic hydroxyl groups is 1. The van der Waals surface area contributed by atoms with E-state index in [0.717, 1.165) is 25.7 Å². The number of nitriles is 1. The highest BCUT2D eigenvalue weighted by Crippen LogP contribution is 2.47. The van der Waals surface area contributed by atoms with E-state index >= 15 is 0 Å². The van der Waals surface area contributed by atoms with Gasteiger partial charge in [-0.3, -0.25) is 0 Å². The quantitative estimate of drug-likeness (QED) is 0.759. The molecule has 86 valence electrons. The third-order valence-corrected chi connectivity index (χ3v) is 4.08. The van der Waals surface area contributed by atoms with Crippen LogP contribution < -0.4 is 0 Å². The van der Waals surface area contributed by atoms with Crippen molar-refractivity contribution in [3.05, 3.63) is 0 Å². The van der Waals surface area contributed by atoms with E-state index in [1.165, 1.54) is 0 Å². The van der Waals surface area contributed by atoms with Gasteiger partial charge in [-0.15, -0.1) is 0 Å². The van der Waals surface area contributed by atoms with E-state index in [1.807, 2.05) is 6.92 Å². The molecular formula is C13H23NO. The second kappa shape index (κ2) is 4.14. The van der Waals surface area contributed by atoms with Gasteiger partial charge in [0.25, 0.3) is 0 Å². The molecule has 15 heavy (non-hydrogen) atoms. The summed E-state index contributed by atoms with van der Waals surface area (Å²) in [6, 6.07) is 2.27. The Balaban J connectivity index is 2.84. The lowest BCUT2D eigenvalue weighted by Crippen LogP contribution is -2.49. The second-order valence-corrected chi connectivity index (χ2v) is 5.85. The predicted octanol–water partition coefficient (Wildman–Crippen LogP) is 3.11. The highest BCUT2D eigenvalue weighted by Gasteiger charge is 2.46. The average Bonchev–Trinajstić information content (AvgIpc) is 2.14. The number of rotatable bonds is 2. The van der Waals surface area contributed by atoms with Gasteiger partial charge in [-0.05, 0) is 37.0 Å². The summed E-state index contributed by atoms with van der Waals surface area (Å²) >= 11 is 0. The van der Waals surface area contributed by atoms with Gasteiger partial charge in [0, 0.05) is 0 Å². The van der Waals surface area contributed by atoms with Gasteiger partial charge in [0.15, 0.2) is 0 Å². The van der Waals surface area contributed by atoms with E-state index in [1.54, 1.807) is 0 Å². The topological polar surface area (TPSA) is 44.0 Å². The maximum Gasteiger partial charge on any atom is 0.0830 e. The molecule has 3 atom stereocenters. The maximum absolute atomic E-state index is 10.6. The molecule has 0 aromatic heterocycles. The molecule has 1 N–H and O–H groups in total.